The van der Waals surface area contributed by atoms with Gasteiger partial charge in [0.1, 0.15) is 35.9 Å². The van der Waals surface area contributed by atoms with E-state index >= 15 is 0 Å². The summed E-state index contributed by atoms with van der Waals surface area (Å²) in [7, 11) is 4.47. The largest absolute Gasteiger partial charge is 0.463 e. The van der Waals surface area contributed by atoms with Gasteiger partial charge in [0.2, 0.25) is 12.6 Å². The van der Waals surface area contributed by atoms with E-state index in [-0.39, 0.29) is 30.0 Å². The second-order valence-electron chi connectivity index (χ2n) is 15.5. The van der Waals surface area contributed by atoms with Crippen LogP contribution >= 0.6 is 0 Å². The number of aromatic nitrogens is 3. The van der Waals surface area contributed by atoms with Crippen LogP contribution in [-0.2, 0) is 42.8 Å². The number of hydrogen-bond acceptors (Lipinski definition) is 15. The molecule has 0 aliphatic rings. The van der Waals surface area contributed by atoms with Crippen molar-refractivity contribution in [2.75, 3.05) is 28.1 Å². The van der Waals surface area contributed by atoms with Crippen LogP contribution in [0.25, 0.3) is 33.3 Å². The molecule has 6 aromatic heterocycles. The molecular weight excluding hydrogens is 919 g/mol. The summed E-state index contributed by atoms with van der Waals surface area (Å²) < 4.78 is 45.1. The molecule has 18 heteroatoms. The standard InChI is InChI=1S/C12H15NO4.C11H13NO4.C9H9NO4.C5H10O.2C4H8O.4C2H6/c1-7(2)12(15-3)17-11(14)9-6-10-8(13-9)4-5-16-10;1-3-10(14-2)16-11(13)8-6-9-7(12-8)4-5-15-9;1-12-5-14-9(11)7-4-8-6(10-7)2-3-13-8;1-5(2,3)4-6;2*1-4(2)3-5;4*1-2/h4-7,12-13H,1-3H3;4-6,10,12H,3H2,1-2H3;2-4,10H,5H2,1H3;4H,1-3H3;2*3-4H,1-2H3;4*1-2H3. The monoisotopic (exact) mass is 1010 g/mol. The molecule has 0 radical (unpaired) electrons. The van der Waals surface area contributed by atoms with E-state index in [1.54, 1.807) is 55.2 Å². The number of nitrogens with one attached hydrogen (secondary N) is 3. The van der Waals surface area contributed by atoms with E-state index in [0.717, 1.165) is 35.4 Å². The molecule has 0 saturated carbocycles. The van der Waals surface area contributed by atoms with Crippen molar-refractivity contribution in [3.63, 3.8) is 0 Å². The summed E-state index contributed by atoms with van der Waals surface area (Å²) in [6, 6.07) is 10.1. The number of H-pyrrole nitrogens is 3. The zero-order chi connectivity index (χ0) is 55.7. The van der Waals surface area contributed by atoms with E-state index in [0.29, 0.717) is 40.3 Å². The van der Waals surface area contributed by atoms with Gasteiger partial charge in [-0.1, -0.05) is 125 Å². The zero-order valence-electron chi connectivity index (χ0n) is 46.4. The minimum absolute atomic E-state index is 0.0563. The number of aromatic amines is 3. The highest BCUT2D eigenvalue weighted by molar-refractivity contribution is 5.94. The van der Waals surface area contributed by atoms with Crippen LogP contribution in [0.2, 0.25) is 0 Å². The molecule has 0 bridgehead atoms. The Kier molecular flexibility index (Phi) is 42.8. The molecule has 3 N–H and O–H groups in total. The number of methoxy groups -OCH3 is 3. The molecule has 0 amide bonds. The highest BCUT2D eigenvalue weighted by Gasteiger charge is 2.21. The molecule has 2 atom stereocenters. The first-order chi connectivity index (χ1) is 33.8. The first-order valence-corrected chi connectivity index (χ1v) is 24.0. The summed E-state index contributed by atoms with van der Waals surface area (Å²) in [4.78, 5) is 72.3. The van der Waals surface area contributed by atoms with Gasteiger partial charge in [-0.2, -0.15) is 0 Å². The lowest BCUT2D eigenvalue weighted by Crippen LogP contribution is -2.25. The van der Waals surface area contributed by atoms with Gasteiger partial charge in [-0.05, 0) is 0 Å². The first kappa shape index (κ1) is 71.3. The SMILES string of the molecule is CC.CC.CC.CC.CC(C)(C)C=O.CC(C)C=O.CC(C)C=O.CCC(OC)OC(=O)c1cc2occc2[nH]1.COC(OC(=O)c1cc2occc2[nH]1)C(C)C.COCOC(=O)c1cc2occc2[nH]1. The first-order valence-electron chi connectivity index (χ1n) is 24.0. The van der Waals surface area contributed by atoms with E-state index < -0.39 is 30.5 Å². The number of ether oxygens (including phenoxy) is 6. The van der Waals surface area contributed by atoms with Crippen molar-refractivity contribution in [2.24, 2.45) is 23.2 Å². The number of furan rings is 3. The van der Waals surface area contributed by atoms with Gasteiger partial charge in [0.15, 0.2) is 23.5 Å². The van der Waals surface area contributed by atoms with Crippen LogP contribution in [0.4, 0.5) is 0 Å². The summed E-state index contributed by atoms with van der Waals surface area (Å²) >= 11 is 0. The van der Waals surface area contributed by atoms with Crippen LogP contribution in [0.3, 0.4) is 0 Å². The Hall–Kier alpha value is -6.24. The third-order valence-electron chi connectivity index (χ3n) is 7.42. The van der Waals surface area contributed by atoms with Crippen LogP contribution in [-0.4, -0.2) is 92.4 Å². The number of carbonyl (C=O) groups excluding carboxylic acids is 6. The van der Waals surface area contributed by atoms with E-state index in [1.165, 1.54) is 21.3 Å². The van der Waals surface area contributed by atoms with Gasteiger partial charge in [-0.15, -0.1) is 0 Å². The van der Waals surface area contributed by atoms with Crippen molar-refractivity contribution in [1.29, 1.82) is 0 Å². The maximum atomic E-state index is 11.8. The molecule has 404 valence electrons. The molecule has 0 aliphatic heterocycles. The second kappa shape index (κ2) is 42.6. The zero-order valence-corrected chi connectivity index (χ0v) is 46.4. The number of carbonyl (C=O) groups is 6. The Labute approximate surface area is 421 Å². The topological polar surface area (TPSA) is 245 Å². The fourth-order valence-electron chi connectivity index (χ4n) is 4.17. The molecule has 6 heterocycles. The molecular formula is C53H87N3O15. The number of hydrogen-bond donors (Lipinski definition) is 3. The maximum Gasteiger partial charge on any atom is 0.357 e. The summed E-state index contributed by atoms with van der Waals surface area (Å²) in [6.45, 7) is 34.7. The minimum atomic E-state index is -0.544. The fourth-order valence-corrected chi connectivity index (χ4v) is 4.17. The Morgan fingerprint density at radius 1 is 0.577 bits per heavy atom. The fraction of sp³-hybridized carbons (Fsp3) is 0.547. The summed E-state index contributed by atoms with van der Waals surface area (Å²) in [6.07, 6.45) is 6.99. The van der Waals surface area contributed by atoms with Gasteiger partial charge in [0.05, 0.1) is 35.3 Å². The maximum absolute atomic E-state index is 11.8. The summed E-state index contributed by atoms with van der Waals surface area (Å²) in [5, 5.41) is 0. The summed E-state index contributed by atoms with van der Waals surface area (Å²) in [5.74, 6) is -0.845. The normalized spacial score (nSPS) is 10.6. The number of fused-ring (bicyclic) bond motifs is 3. The van der Waals surface area contributed by atoms with Crippen molar-refractivity contribution >= 4 is 70.1 Å². The number of aldehydes is 3. The lowest BCUT2D eigenvalue weighted by atomic mass is 10.0. The Morgan fingerprint density at radius 2 is 0.901 bits per heavy atom. The van der Waals surface area contributed by atoms with Gasteiger partial charge in [-0.3, -0.25) is 0 Å². The van der Waals surface area contributed by atoms with Gasteiger partial charge >= 0.3 is 17.9 Å². The Balaban J connectivity index is -0.000000389. The molecule has 0 fully saturated rings. The molecule has 6 aromatic rings. The molecule has 0 spiro atoms. The Bertz CT molecular complexity index is 2120. The number of rotatable bonds is 13. The molecule has 0 aliphatic carbocycles. The predicted octanol–water partition coefficient (Wildman–Crippen LogP) is 13.4. The van der Waals surface area contributed by atoms with Crippen molar-refractivity contribution in [1.82, 2.24) is 15.0 Å². The van der Waals surface area contributed by atoms with E-state index in [2.05, 4.69) is 19.7 Å². The third kappa shape index (κ3) is 30.9. The second-order valence-corrected chi connectivity index (χ2v) is 15.5. The third-order valence-corrected chi connectivity index (χ3v) is 7.42. The average molecular weight is 1010 g/mol. The van der Waals surface area contributed by atoms with Crippen LogP contribution in [0.15, 0.2) is 68.4 Å². The van der Waals surface area contributed by atoms with Crippen LogP contribution < -0.4 is 0 Å². The highest BCUT2D eigenvalue weighted by atomic mass is 16.7. The van der Waals surface area contributed by atoms with Crippen molar-refractivity contribution < 1.29 is 70.4 Å². The minimum Gasteiger partial charge on any atom is -0.463 e. The molecule has 2 unspecified atom stereocenters. The van der Waals surface area contributed by atoms with Crippen LogP contribution in [0, 0.1) is 23.2 Å². The van der Waals surface area contributed by atoms with Crippen molar-refractivity contribution in [2.45, 2.75) is 144 Å². The quantitative estimate of drug-likeness (QED) is 0.0421. The van der Waals surface area contributed by atoms with Gasteiger partial charge in [0, 0.05) is 87.3 Å². The van der Waals surface area contributed by atoms with Crippen molar-refractivity contribution in [3.05, 3.63) is 72.3 Å². The van der Waals surface area contributed by atoms with Crippen LogP contribution in [0.1, 0.15) is 163 Å². The molecule has 18 nitrogen and oxygen atoms in total. The van der Waals surface area contributed by atoms with Gasteiger partial charge < -0.3 is 71.0 Å². The van der Waals surface area contributed by atoms with Crippen LogP contribution in [0.5, 0.6) is 0 Å². The summed E-state index contributed by atoms with van der Waals surface area (Å²) in [5.41, 5.74) is 5.17. The molecule has 6 rings (SSSR count). The highest BCUT2D eigenvalue weighted by Crippen LogP contribution is 2.20. The lowest BCUT2D eigenvalue weighted by molar-refractivity contribution is -0.115. The Morgan fingerprint density at radius 3 is 1.14 bits per heavy atom. The molecule has 0 saturated heterocycles. The molecule has 71 heavy (non-hydrogen) atoms. The average Bonchev–Trinajstić information content (AvgIpc) is 4.25. The number of esters is 3. The van der Waals surface area contributed by atoms with Gasteiger partial charge in [-0.25, -0.2) is 14.4 Å². The van der Waals surface area contributed by atoms with Crippen molar-refractivity contribution in [3.8, 4) is 0 Å². The van der Waals surface area contributed by atoms with E-state index in [1.807, 2.05) is 125 Å². The lowest BCUT2D eigenvalue weighted by Gasteiger charge is -2.18. The molecule has 0 aromatic carbocycles. The van der Waals surface area contributed by atoms with E-state index in [4.69, 9.17) is 36.9 Å². The predicted molar refractivity (Wildman–Crippen MR) is 279 cm³/mol. The van der Waals surface area contributed by atoms with Gasteiger partial charge in [0.25, 0.3) is 0 Å². The van der Waals surface area contributed by atoms with E-state index in [9.17, 15) is 28.8 Å². The smallest absolute Gasteiger partial charge is 0.357 e.